The van der Waals surface area contributed by atoms with Gasteiger partial charge in [-0.05, 0) is 18.2 Å². The fourth-order valence-corrected chi connectivity index (χ4v) is 5.34. The lowest BCUT2D eigenvalue weighted by Crippen LogP contribution is -2.26. The van der Waals surface area contributed by atoms with Gasteiger partial charge in [-0.15, -0.1) is 23.5 Å². The van der Waals surface area contributed by atoms with E-state index in [-0.39, 0.29) is 34.3 Å². The van der Waals surface area contributed by atoms with Crippen LogP contribution in [0, 0.1) is 0 Å². The minimum absolute atomic E-state index is 0.0505. The highest BCUT2D eigenvalue weighted by molar-refractivity contribution is 8.20. The van der Waals surface area contributed by atoms with Gasteiger partial charge < -0.3 is 10.1 Å². The van der Waals surface area contributed by atoms with E-state index >= 15 is 0 Å². The number of anilines is 1. The minimum atomic E-state index is -0.420. The summed E-state index contributed by atoms with van der Waals surface area (Å²) < 4.78 is 6.94. The number of esters is 1. The van der Waals surface area contributed by atoms with Gasteiger partial charge in [0.1, 0.15) is 12.4 Å². The second-order valence-corrected chi connectivity index (χ2v) is 8.42. The molecule has 1 aromatic carbocycles. The summed E-state index contributed by atoms with van der Waals surface area (Å²) in [5, 5.41) is 2.40. The zero-order valence-corrected chi connectivity index (χ0v) is 15.6. The van der Waals surface area contributed by atoms with E-state index in [2.05, 4.69) is 10.3 Å². The van der Waals surface area contributed by atoms with Crippen molar-refractivity contribution in [2.24, 2.45) is 0 Å². The Kier molecular flexibility index (Phi) is 6.00. The van der Waals surface area contributed by atoms with Crippen molar-refractivity contribution < 1.29 is 14.3 Å². The first-order valence-electron chi connectivity index (χ1n) is 7.89. The van der Waals surface area contributed by atoms with Gasteiger partial charge in [-0.1, -0.05) is 18.2 Å². The smallest absolute Gasteiger partial charge is 0.350 e. The lowest BCUT2D eigenvalue weighted by Gasteiger charge is -2.13. The number of thioether (sulfide) groups is 2. The summed E-state index contributed by atoms with van der Waals surface area (Å²) in [7, 11) is 0. The number of amides is 1. The van der Waals surface area contributed by atoms with Crippen LogP contribution in [0.1, 0.15) is 22.7 Å². The number of carbonyl (C=O) groups is 2. The van der Waals surface area contributed by atoms with Crippen LogP contribution in [0.2, 0.25) is 0 Å². The molecule has 1 aromatic heterocycles. The summed E-state index contributed by atoms with van der Waals surface area (Å²) in [6.45, 7) is 1.63. The Bertz CT molecular complexity index is 857. The molecule has 0 spiro atoms. The van der Waals surface area contributed by atoms with Gasteiger partial charge in [0.15, 0.2) is 0 Å². The summed E-state index contributed by atoms with van der Waals surface area (Å²) in [6, 6.07) is 10.4. The molecular weight excluding hydrogens is 374 g/mol. The Balaban J connectivity index is 1.56. The SMILES string of the molecule is CC(=O)Nc1ccn([C@H]2CS[C@@H](COC(=O)c3ccccc3)S2)c(=O)n1. The number of nitrogens with zero attached hydrogens (tertiary/aromatic N) is 2. The summed E-state index contributed by atoms with van der Waals surface area (Å²) in [6.07, 6.45) is 1.62. The molecule has 0 aliphatic carbocycles. The van der Waals surface area contributed by atoms with Crippen molar-refractivity contribution >= 4 is 41.2 Å². The zero-order valence-electron chi connectivity index (χ0n) is 14.0. The Hall–Kier alpha value is -2.26. The third-order valence-corrected chi connectivity index (χ3v) is 6.65. The van der Waals surface area contributed by atoms with Crippen LogP contribution in [-0.2, 0) is 9.53 Å². The topological polar surface area (TPSA) is 90.3 Å². The number of hydrogen-bond donors (Lipinski definition) is 1. The summed E-state index contributed by atoms with van der Waals surface area (Å²) >= 11 is 3.19. The average Bonchev–Trinajstić information content (AvgIpc) is 3.08. The molecule has 26 heavy (non-hydrogen) atoms. The molecule has 1 N–H and O–H groups in total. The molecule has 2 aromatic rings. The molecule has 7 nitrogen and oxygen atoms in total. The third-order valence-electron chi connectivity index (χ3n) is 3.54. The van der Waals surface area contributed by atoms with Crippen LogP contribution in [-0.4, -0.2) is 38.4 Å². The molecule has 2 heterocycles. The van der Waals surface area contributed by atoms with Crippen LogP contribution in [0.5, 0.6) is 0 Å². The molecule has 9 heteroatoms. The van der Waals surface area contributed by atoms with Gasteiger partial charge in [-0.25, -0.2) is 9.59 Å². The first kappa shape index (κ1) is 18.5. The molecule has 0 bridgehead atoms. The highest BCUT2D eigenvalue weighted by atomic mass is 32.2. The van der Waals surface area contributed by atoms with E-state index in [1.54, 1.807) is 60.1 Å². The van der Waals surface area contributed by atoms with Gasteiger partial charge in [0.2, 0.25) is 5.91 Å². The molecular formula is C17H17N3O4S2. The van der Waals surface area contributed by atoms with Crippen molar-refractivity contribution in [3.05, 3.63) is 58.6 Å². The number of ether oxygens (including phenoxy) is 1. The Morgan fingerprint density at radius 2 is 2.08 bits per heavy atom. The molecule has 1 aliphatic heterocycles. The van der Waals surface area contributed by atoms with Gasteiger partial charge in [-0.3, -0.25) is 9.36 Å². The van der Waals surface area contributed by atoms with Gasteiger partial charge in [0.05, 0.1) is 15.5 Å². The van der Waals surface area contributed by atoms with Crippen LogP contribution in [0.3, 0.4) is 0 Å². The van der Waals surface area contributed by atoms with Crippen LogP contribution in [0.4, 0.5) is 5.82 Å². The third kappa shape index (κ3) is 4.67. The van der Waals surface area contributed by atoms with Crippen LogP contribution >= 0.6 is 23.5 Å². The monoisotopic (exact) mass is 391 g/mol. The van der Waals surface area contributed by atoms with Gasteiger partial charge >= 0.3 is 11.7 Å². The van der Waals surface area contributed by atoms with Crippen LogP contribution in [0.25, 0.3) is 0 Å². The Morgan fingerprint density at radius 1 is 1.31 bits per heavy atom. The normalized spacial score (nSPS) is 19.1. The Morgan fingerprint density at radius 3 is 2.77 bits per heavy atom. The molecule has 1 saturated heterocycles. The number of hydrogen-bond acceptors (Lipinski definition) is 7. The van der Waals surface area contributed by atoms with Crippen molar-refractivity contribution in [3.63, 3.8) is 0 Å². The van der Waals surface area contributed by atoms with E-state index in [1.165, 1.54) is 11.5 Å². The van der Waals surface area contributed by atoms with E-state index in [4.69, 9.17) is 4.74 Å². The molecule has 0 radical (unpaired) electrons. The minimum Gasteiger partial charge on any atom is -0.460 e. The summed E-state index contributed by atoms with van der Waals surface area (Å²) in [5.74, 6) is 0.316. The second-order valence-electron chi connectivity index (χ2n) is 5.50. The lowest BCUT2D eigenvalue weighted by molar-refractivity contribution is -0.114. The van der Waals surface area contributed by atoms with Crippen molar-refractivity contribution in [1.82, 2.24) is 9.55 Å². The first-order chi connectivity index (χ1) is 12.5. The largest absolute Gasteiger partial charge is 0.460 e. The maximum atomic E-state index is 12.2. The van der Waals surface area contributed by atoms with Gasteiger partial charge in [-0.2, -0.15) is 4.98 Å². The van der Waals surface area contributed by atoms with Crippen LogP contribution < -0.4 is 11.0 Å². The van der Waals surface area contributed by atoms with E-state index in [9.17, 15) is 14.4 Å². The molecule has 1 amide bonds. The maximum absolute atomic E-state index is 12.2. The zero-order chi connectivity index (χ0) is 18.5. The van der Waals surface area contributed by atoms with Gasteiger partial charge in [0.25, 0.3) is 0 Å². The number of carbonyl (C=O) groups excluding carboxylic acids is 2. The van der Waals surface area contributed by atoms with Crippen molar-refractivity contribution in [3.8, 4) is 0 Å². The summed E-state index contributed by atoms with van der Waals surface area (Å²) in [5.41, 5.74) is 0.0994. The number of aromatic nitrogens is 2. The molecule has 0 unspecified atom stereocenters. The van der Waals surface area contributed by atoms with Crippen molar-refractivity contribution in [1.29, 1.82) is 0 Å². The fourth-order valence-electron chi connectivity index (χ4n) is 2.36. The molecule has 1 fully saturated rings. The van der Waals surface area contributed by atoms with Crippen molar-refractivity contribution in [2.75, 3.05) is 17.7 Å². The number of benzene rings is 1. The predicted molar refractivity (Wildman–Crippen MR) is 102 cm³/mol. The first-order valence-corrected chi connectivity index (χ1v) is 9.88. The second kappa shape index (κ2) is 8.41. The highest BCUT2D eigenvalue weighted by Crippen LogP contribution is 2.43. The van der Waals surface area contributed by atoms with Gasteiger partial charge in [0, 0.05) is 18.9 Å². The van der Waals surface area contributed by atoms with Crippen LogP contribution in [0.15, 0.2) is 47.4 Å². The van der Waals surface area contributed by atoms with E-state index in [0.29, 0.717) is 11.3 Å². The summed E-state index contributed by atoms with van der Waals surface area (Å²) in [4.78, 5) is 39.0. The molecule has 3 rings (SSSR count). The lowest BCUT2D eigenvalue weighted by atomic mass is 10.2. The van der Waals surface area contributed by atoms with Crippen molar-refractivity contribution in [2.45, 2.75) is 16.9 Å². The molecule has 0 saturated carbocycles. The molecule has 1 aliphatic rings. The van der Waals surface area contributed by atoms with E-state index in [0.717, 1.165) is 0 Å². The highest BCUT2D eigenvalue weighted by Gasteiger charge is 2.29. The number of rotatable bonds is 5. The maximum Gasteiger partial charge on any atom is 0.350 e. The quantitative estimate of drug-likeness (QED) is 0.783. The van der Waals surface area contributed by atoms with E-state index in [1.807, 2.05) is 6.07 Å². The molecule has 2 atom stereocenters. The Labute approximate surface area is 158 Å². The number of nitrogens with one attached hydrogen (secondary N) is 1. The standard InChI is InChI=1S/C17H17N3O4S2/c1-11(21)18-13-7-8-20(17(23)19-13)14-10-25-15(26-14)9-24-16(22)12-5-3-2-4-6-12/h2-8,14-15H,9-10H2,1H3,(H,18,19,21,23)/t14-,15-/m1/s1. The molecule has 136 valence electrons. The predicted octanol–water partition coefficient (Wildman–Crippen LogP) is 2.36. The average molecular weight is 391 g/mol. The fraction of sp³-hybridized carbons (Fsp3) is 0.294. The van der Waals surface area contributed by atoms with E-state index < -0.39 is 5.69 Å².